The average Bonchev–Trinajstić information content (AvgIpc) is 2.77. The fourth-order valence-corrected chi connectivity index (χ4v) is 11.4. The van der Waals surface area contributed by atoms with E-state index in [2.05, 4.69) is 61.5 Å². The van der Waals surface area contributed by atoms with Gasteiger partial charge in [0.1, 0.15) is 0 Å². The van der Waals surface area contributed by atoms with Gasteiger partial charge in [0.05, 0.1) is 6.61 Å². The summed E-state index contributed by atoms with van der Waals surface area (Å²) in [4.78, 5) is 11.6. The third kappa shape index (κ3) is 3.65. The van der Waals surface area contributed by atoms with Gasteiger partial charge in [0.2, 0.25) is 0 Å². The Labute approximate surface area is 222 Å². The number of carbonyl (C=O) groups is 1. The maximum atomic E-state index is 11.6. The van der Waals surface area contributed by atoms with Gasteiger partial charge in [-0.3, -0.25) is 4.79 Å². The van der Waals surface area contributed by atoms with Crippen LogP contribution in [0.1, 0.15) is 133 Å². The van der Waals surface area contributed by atoms with E-state index in [0.29, 0.717) is 45.0 Å². The monoisotopic (exact) mass is 496 g/mol. The zero-order valence-electron chi connectivity index (χ0n) is 25.2. The van der Waals surface area contributed by atoms with Crippen molar-refractivity contribution in [3.05, 3.63) is 11.6 Å². The zero-order valence-corrected chi connectivity index (χ0v) is 25.2. The highest BCUT2D eigenvalue weighted by molar-refractivity contribution is 5.65. The number of ether oxygens (including phenoxy) is 1. The number of carbonyl (C=O) groups excluding carboxylic acids is 1. The van der Waals surface area contributed by atoms with Gasteiger partial charge in [-0.2, -0.15) is 0 Å². The molecule has 0 amide bonds. The summed E-state index contributed by atoms with van der Waals surface area (Å²) >= 11 is 0. The van der Waals surface area contributed by atoms with Crippen LogP contribution in [0.3, 0.4) is 0 Å². The molecule has 5 aliphatic carbocycles. The molecule has 0 unspecified atom stereocenters. The molecule has 0 aliphatic heterocycles. The molecule has 0 N–H and O–H groups in total. The first kappa shape index (κ1) is 26.8. The zero-order chi connectivity index (χ0) is 26.4. The summed E-state index contributed by atoms with van der Waals surface area (Å²) in [7, 11) is 0. The highest BCUT2D eigenvalue weighted by Gasteiger charge is 2.67. The number of rotatable bonds is 3. The molecule has 0 saturated heterocycles. The van der Waals surface area contributed by atoms with Crippen molar-refractivity contribution in [2.75, 3.05) is 6.61 Å². The molecule has 5 rings (SSSR count). The van der Waals surface area contributed by atoms with E-state index in [1.54, 1.807) is 6.92 Å². The summed E-state index contributed by atoms with van der Waals surface area (Å²) < 4.78 is 5.55. The summed E-state index contributed by atoms with van der Waals surface area (Å²) in [5.74, 6) is 3.02. The van der Waals surface area contributed by atoms with Gasteiger partial charge in [-0.25, -0.2) is 0 Å². The standard InChI is InChI=1S/C34H56O2/c1-23-12-14-31(7)27(30(23,5)6)13-15-33(9)28(31)11-10-25-26-22-29(3,4)16-18-34(26,19-17-32(25,33)8)20-21-36-24(2)35/h10,23,26-28H,11-22H2,1-9H3/t23-,26-,27-,28+,31-,32+,33+,34+/m0/s1. The Morgan fingerprint density at radius 3 is 2.31 bits per heavy atom. The lowest BCUT2D eigenvalue weighted by Crippen LogP contribution is -2.63. The van der Waals surface area contributed by atoms with E-state index in [9.17, 15) is 4.79 Å². The van der Waals surface area contributed by atoms with Gasteiger partial charge in [0.15, 0.2) is 0 Å². The Morgan fingerprint density at radius 2 is 1.61 bits per heavy atom. The smallest absolute Gasteiger partial charge is 0.302 e. The molecule has 0 aromatic rings. The summed E-state index contributed by atoms with van der Waals surface area (Å²) in [6.07, 6.45) is 17.3. The third-order valence-electron chi connectivity index (χ3n) is 14.3. The van der Waals surface area contributed by atoms with Crippen LogP contribution in [-0.4, -0.2) is 12.6 Å². The van der Waals surface area contributed by atoms with E-state index >= 15 is 0 Å². The quantitative estimate of drug-likeness (QED) is 0.287. The van der Waals surface area contributed by atoms with Gasteiger partial charge in [0.25, 0.3) is 0 Å². The van der Waals surface area contributed by atoms with Crippen molar-refractivity contribution >= 4 is 5.97 Å². The molecule has 0 heterocycles. The SMILES string of the molecule is CC(=O)OCC[C@]12CCC(C)(C)C[C@H]1C1=CC[C@@H]3[C@@]4(C)CC[C@H](C)C(C)(C)[C@@H]4CC[C@@]3(C)[C@]1(C)CC2. The van der Waals surface area contributed by atoms with Crippen molar-refractivity contribution in [2.45, 2.75) is 133 Å². The summed E-state index contributed by atoms with van der Waals surface area (Å²) in [5, 5.41) is 0. The minimum atomic E-state index is -0.123. The summed E-state index contributed by atoms with van der Waals surface area (Å²) in [5.41, 5.74) is 4.16. The number of allylic oxidation sites excluding steroid dienone is 2. The van der Waals surface area contributed by atoms with Crippen LogP contribution in [0, 0.1) is 56.2 Å². The van der Waals surface area contributed by atoms with Gasteiger partial charge < -0.3 is 4.74 Å². The van der Waals surface area contributed by atoms with Gasteiger partial charge in [-0.05, 0) is 127 Å². The Balaban J connectivity index is 1.53. The molecule has 0 bridgehead atoms. The van der Waals surface area contributed by atoms with Gasteiger partial charge in [-0.15, -0.1) is 0 Å². The molecule has 8 atom stereocenters. The van der Waals surface area contributed by atoms with E-state index in [0.717, 1.165) is 24.2 Å². The highest BCUT2D eigenvalue weighted by atomic mass is 16.5. The summed E-state index contributed by atoms with van der Waals surface area (Å²) in [6, 6.07) is 0. The minimum Gasteiger partial charge on any atom is -0.466 e. The lowest BCUT2D eigenvalue weighted by atomic mass is 9.33. The average molecular weight is 497 g/mol. The Kier molecular flexibility index (Phi) is 6.22. The van der Waals surface area contributed by atoms with Crippen LogP contribution in [-0.2, 0) is 9.53 Å². The predicted molar refractivity (Wildman–Crippen MR) is 149 cm³/mol. The molecule has 2 heteroatoms. The minimum absolute atomic E-state index is 0.123. The topological polar surface area (TPSA) is 26.3 Å². The number of fused-ring (bicyclic) bond motifs is 7. The van der Waals surface area contributed by atoms with Crippen molar-refractivity contribution in [1.82, 2.24) is 0 Å². The largest absolute Gasteiger partial charge is 0.466 e. The molecular weight excluding hydrogens is 440 g/mol. The van der Waals surface area contributed by atoms with Crippen LogP contribution in [0.5, 0.6) is 0 Å². The molecule has 0 spiro atoms. The van der Waals surface area contributed by atoms with Crippen LogP contribution >= 0.6 is 0 Å². The van der Waals surface area contributed by atoms with Crippen molar-refractivity contribution in [3.8, 4) is 0 Å². The van der Waals surface area contributed by atoms with E-state index in [4.69, 9.17) is 4.74 Å². The molecular formula is C34H56O2. The van der Waals surface area contributed by atoms with E-state index in [1.165, 1.54) is 64.2 Å². The first-order valence-corrected chi connectivity index (χ1v) is 15.5. The van der Waals surface area contributed by atoms with Crippen molar-refractivity contribution in [1.29, 1.82) is 0 Å². The maximum Gasteiger partial charge on any atom is 0.302 e. The fraction of sp³-hybridized carbons (Fsp3) is 0.912. The van der Waals surface area contributed by atoms with Gasteiger partial charge in [0, 0.05) is 6.92 Å². The molecule has 2 nitrogen and oxygen atoms in total. The fourth-order valence-electron chi connectivity index (χ4n) is 11.4. The number of hydrogen-bond donors (Lipinski definition) is 0. The molecule has 5 aliphatic rings. The highest BCUT2D eigenvalue weighted by Crippen LogP contribution is 2.76. The summed E-state index contributed by atoms with van der Waals surface area (Å²) in [6.45, 7) is 23.0. The molecule has 4 saturated carbocycles. The van der Waals surface area contributed by atoms with Crippen molar-refractivity contribution in [2.24, 2.45) is 56.2 Å². The van der Waals surface area contributed by atoms with Crippen molar-refractivity contribution in [3.63, 3.8) is 0 Å². The molecule has 204 valence electrons. The Hall–Kier alpha value is -0.790. The second-order valence-corrected chi connectivity index (χ2v) is 16.4. The Morgan fingerprint density at radius 1 is 0.917 bits per heavy atom. The van der Waals surface area contributed by atoms with Gasteiger partial charge in [-0.1, -0.05) is 67.0 Å². The lowest BCUT2D eigenvalue weighted by Gasteiger charge is -2.71. The molecule has 4 fully saturated rings. The lowest BCUT2D eigenvalue weighted by molar-refractivity contribution is -0.191. The maximum absolute atomic E-state index is 11.6. The first-order chi connectivity index (χ1) is 16.6. The van der Waals surface area contributed by atoms with E-state index < -0.39 is 0 Å². The van der Waals surface area contributed by atoms with Crippen LogP contribution < -0.4 is 0 Å². The van der Waals surface area contributed by atoms with Gasteiger partial charge >= 0.3 is 5.97 Å². The Bertz CT molecular complexity index is 927. The number of esters is 1. The van der Waals surface area contributed by atoms with Crippen LogP contribution in [0.25, 0.3) is 0 Å². The first-order valence-electron chi connectivity index (χ1n) is 15.5. The number of hydrogen-bond acceptors (Lipinski definition) is 2. The van der Waals surface area contributed by atoms with Crippen LogP contribution in [0.15, 0.2) is 11.6 Å². The second kappa shape index (κ2) is 8.35. The third-order valence-corrected chi connectivity index (χ3v) is 14.3. The van der Waals surface area contributed by atoms with E-state index in [-0.39, 0.29) is 5.97 Å². The van der Waals surface area contributed by atoms with Crippen LogP contribution in [0.2, 0.25) is 0 Å². The normalized spacial score (nSPS) is 49.0. The van der Waals surface area contributed by atoms with Crippen LogP contribution in [0.4, 0.5) is 0 Å². The molecule has 0 aromatic carbocycles. The molecule has 36 heavy (non-hydrogen) atoms. The second-order valence-electron chi connectivity index (χ2n) is 16.4. The van der Waals surface area contributed by atoms with Crippen molar-refractivity contribution < 1.29 is 9.53 Å². The van der Waals surface area contributed by atoms with E-state index in [1.807, 2.05) is 5.57 Å². The molecule has 0 aromatic heterocycles. The predicted octanol–water partition coefficient (Wildman–Crippen LogP) is 9.38. The molecule has 0 radical (unpaired) electrons.